The summed E-state index contributed by atoms with van der Waals surface area (Å²) >= 11 is 0. The molecule has 0 bridgehead atoms. The summed E-state index contributed by atoms with van der Waals surface area (Å²) in [5.41, 5.74) is 0. The first-order valence-electron chi connectivity index (χ1n) is 11.5. The summed E-state index contributed by atoms with van der Waals surface area (Å²) in [5.74, 6) is 0. The zero-order chi connectivity index (χ0) is 18.3. The second-order valence-corrected chi connectivity index (χ2v) is 7.79. The average Bonchev–Trinajstić information content (AvgIpc) is 2.63. The molecule has 0 aromatic carbocycles. The van der Waals surface area contributed by atoms with Crippen molar-refractivity contribution in [2.24, 2.45) is 0 Å². The molecule has 0 radical (unpaired) electrons. The van der Waals surface area contributed by atoms with Gasteiger partial charge in [0.1, 0.15) is 0 Å². The molecule has 0 fully saturated rings. The van der Waals surface area contributed by atoms with Crippen LogP contribution in [-0.2, 0) is 4.74 Å². The third-order valence-electron chi connectivity index (χ3n) is 5.26. The maximum absolute atomic E-state index is 8.72. The predicted molar refractivity (Wildman–Crippen MR) is 111 cm³/mol. The smallest absolute Gasteiger partial charge is 0.0462 e. The summed E-state index contributed by atoms with van der Waals surface area (Å²) < 4.78 is 5.08. The van der Waals surface area contributed by atoms with E-state index in [2.05, 4.69) is 0 Å². The number of ether oxygens (including phenoxy) is 1. The van der Waals surface area contributed by atoms with Crippen molar-refractivity contribution in [2.45, 2.75) is 128 Å². The summed E-state index contributed by atoms with van der Waals surface area (Å²) in [4.78, 5) is 0. The van der Waals surface area contributed by atoms with Crippen LogP contribution in [0.15, 0.2) is 0 Å². The van der Waals surface area contributed by atoms with Crippen LogP contribution in [0, 0.1) is 0 Å². The van der Waals surface area contributed by atoms with E-state index in [9.17, 15) is 0 Å². The van der Waals surface area contributed by atoms with E-state index >= 15 is 0 Å². The summed E-state index contributed by atoms with van der Waals surface area (Å²) in [5, 5.41) is 8.72. The Hall–Kier alpha value is -0.0800. The standard InChI is InChI=1S/C23H48O2/c1-25-23-21-19-17-15-13-11-9-7-5-3-2-4-6-8-10-12-14-16-18-20-22-24/h24H,2-23H2,1H3. The van der Waals surface area contributed by atoms with Crippen LogP contribution in [0.5, 0.6) is 0 Å². The van der Waals surface area contributed by atoms with E-state index in [1.54, 1.807) is 7.11 Å². The highest BCUT2D eigenvalue weighted by atomic mass is 16.5. The van der Waals surface area contributed by atoms with Crippen LogP contribution in [0.4, 0.5) is 0 Å². The lowest BCUT2D eigenvalue weighted by Gasteiger charge is -2.04. The van der Waals surface area contributed by atoms with E-state index in [4.69, 9.17) is 9.84 Å². The fraction of sp³-hybridized carbons (Fsp3) is 1.00. The molecule has 0 heterocycles. The Kier molecular flexibility index (Phi) is 23.8. The van der Waals surface area contributed by atoms with Gasteiger partial charge in [0, 0.05) is 20.3 Å². The molecule has 0 aliphatic carbocycles. The molecule has 0 saturated carbocycles. The third-order valence-corrected chi connectivity index (χ3v) is 5.26. The topological polar surface area (TPSA) is 29.5 Å². The highest BCUT2D eigenvalue weighted by molar-refractivity contribution is 4.51. The van der Waals surface area contributed by atoms with E-state index < -0.39 is 0 Å². The zero-order valence-electron chi connectivity index (χ0n) is 17.4. The minimum atomic E-state index is 0.370. The number of rotatable bonds is 22. The summed E-state index contributed by atoms with van der Waals surface area (Å²) in [6.45, 7) is 1.31. The van der Waals surface area contributed by atoms with Gasteiger partial charge in [0.05, 0.1) is 0 Å². The lowest BCUT2D eigenvalue weighted by Crippen LogP contribution is -1.88. The van der Waals surface area contributed by atoms with Gasteiger partial charge < -0.3 is 9.84 Å². The molecular formula is C23H48O2. The molecule has 0 saturated heterocycles. The zero-order valence-corrected chi connectivity index (χ0v) is 17.4. The number of hydrogen-bond donors (Lipinski definition) is 1. The largest absolute Gasteiger partial charge is 0.396 e. The maximum atomic E-state index is 8.72. The second-order valence-electron chi connectivity index (χ2n) is 7.79. The molecule has 25 heavy (non-hydrogen) atoms. The molecule has 0 spiro atoms. The van der Waals surface area contributed by atoms with E-state index in [1.165, 1.54) is 122 Å². The Morgan fingerprint density at radius 3 is 0.880 bits per heavy atom. The Morgan fingerprint density at radius 1 is 0.400 bits per heavy atom. The number of aliphatic hydroxyl groups excluding tert-OH is 1. The van der Waals surface area contributed by atoms with Crippen molar-refractivity contribution in [3.63, 3.8) is 0 Å². The lowest BCUT2D eigenvalue weighted by atomic mass is 10.0. The van der Waals surface area contributed by atoms with E-state index in [0.717, 1.165) is 13.0 Å². The highest BCUT2D eigenvalue weighted by Crippen LogP contribution is 2.14. The SMILES string of the molecule is COCCCCCCCCCCCCCCCCCCCCCCO. The molecule has 0 aliphatic heterocycles. The predicted octanol–water partition coefficient (Wildman–Crippen LogP) is 7.43. The van der Waals surface area contributed by atoms with Gasteiger partial charge in [0.25, 0.3) is 0 Å². The number of unbranched alkanes of at least 4 members (excludes halogenated alkanes) is 19. The van der Waals surface area contributed by atoms with Crippen molar-refractivity contribution >= 4 is 0 Å². The number of hydrogen-bond acceptors (Lipinski definition) is 2. The number of methoxy groups -OCH3 is 1. The molecular weight excluding hydrogens is 308 g/mol. The van der Waals surface area contributed by atoms with Crippen molar-refractivity contribution in [3.8, 4) is 0 Å². The third kappa shape index (κ3) is 23.9. The average molecular weight is 357 g/mol. The fourth-order valence-corrected chi connectivity index (χ4v) is 3.54. The molecule has 0 aromatic rings. The van der Waals surface area contributed by atoms with Crippen molar-refractivity contribution < 1.29 is 9.84 Å². The molecule has 1 N–H and O–H groups in total. The van der Waals surface area contributed by atoms with Crippen LogP contribution in [0.1, 0.15) is 128 Å². The summed E-state index contributed by atoms with van der Waals surface area (Å²) in [6.07, 6.45) is 27.6. The van der Waals surface area contributed by atoms with Crippen LogP contribution in [0.3, 0.4) is 0 Å². The molecule has 2 nitrogen and oxygen atoms in total. The van der Waals surface area contributed by atoms with Gasteiger partial charge in [-0.1, -0.05) is 116 Å². The van der Waals surface area contributed by atoms with Crippen LogP contribution in [0.25, 0.3) is 0 Å². The number of aliphatic hydroxyl groups is 1. The molecule has 0 rings (SSSR count). The Balaban J connectivity index is 2.94. The first-order chi connectivity index (χ1) is 12.4. The van der Waals surface area contributed by atoms with Gasteiger partial charge in [-0.15, -0.1) is 0 Å². The summed E-state index contributed by atoms with van der Waals surface area (Å²) in [7, 11) is 1.80. The highest BCUT2D eigenvalue weighted by Gasteiger charge is 1.95. The van der Waals surface area contributed by atoms with Crippen LogP contribution >= 0.6 is 0 Å². The van der Waals surface area contributed by atoms with Gasteiger partial charge in [0.2, 0.25) is 0 Å². The fourth-order valence-electron chi connectivity index (χ4n) is 3.54. The van der Waals surface area contributed by atoms with Crippen LogP contribution < -0.4 is 0 Å². The maximum Gasteiger partial charge on any atom is 0.0462 e. The minimum Gasteiger partial charge on any atom is -0.396 e. The van der Waals surface area contributed by atoms with E-state index in [1.807, 2.05) is 0 Å². The molecule has 152 valence electrons. The van der Waals surface area contributed by atoms with Gasteiger partial charge in [-0.05, 0) is 12.8 Å². The molecule has 0 atom stereocenters. The Labute approximate surface area is 159 Å². The van der Waals surface area contributed by atoms with Crippen LogP contribution in [0.2, 0.25) is 0 Å². The normalized spacial score (nSPS) is 11.3. The molecule has 0 unspecified atom stereocenters. The molecule has 2 heteroatoms. The molecule has 0 amide bonds. The van der Waals surface area contributed by atoms with Gasteiger partial charge in [-0.2, -0.15) is 0 Å². The van der Waals surface area contributed by atoms with Gasteiger partial charge in [-0.3, -0.25) is 0 Å². The quantitative estimate of drug-likeness (QED) is 0.204. The summed E-state index contributed by atoms with van der Waals surface area (Å²) in [6, 6.07) is 0. The molecule has 0 aliphatic rings. The molecule has 0 aromatic heterocycles. The van der Waals surface area contributed by atoms with E-state index in [-0.39, 0.29) is 0 Å². The lowest BCUT2D eigenvalue weighted by molar-refractivity contribution is 0.192. The van der Waals surface area contributed by atoms with Crippen molar-refractivity contribution in [1.29, 1.82) is 0 Å². The van der Waals surface area contributed by atoms with Gasteiger partial charge in [0.15, 0.2) is 0 Å². The van der Waals surface area contributed by atoms with Crippen LogP contribution in [-0.4, -0.2) is 25.4 Å². The Morgan fingerprint density at radius 2 is 0.640 bits per heavy atom. The van der Waals surface area contributed by atoms with Crippen molar-refractivity contribution in [3.05, 3.63) is 0 Å². The van der Waals surface area contributed by atoms with E-state index in [0.29, 0.717) is 6.61 Å². The van der Waals surface area contributed by atoms with Gasteiger partial charge in [-0.25, -0.2) is 0 Å². The Bertz CT molecular complexity index is 196. The monoisotopic (exact) mass is 356 g/mol. The second kappa shape index (κ2) is 23.9. The van der Waals surface area contributed by atoms with Crippen molar-refractivity contribution in [2.75, 3.05) is 20.3 Å². The van der Waals surface area contributed by atoms with Crippen molar-refractivity contribution in [1.82, 2.24) is 0 Å². The van der Waals surface area contributed by atoms with Gasteiger partial charge >= 0.3 is 0 Å². The first-order valence-corrected chi connectivity index (χ1v) is 11.5. The minimum absolute atomic E-state index is 0.370. The first kappa shape index (κ1) is 24.9.